The molecule has 8 heteroatoms. The fraction of sp³-hybridized carbons (Fsp3) is 0.211. The first kappa shape index (κ1) is 19.1. The fourth-order valence-corrected chi connectivity index (χ4v) is 3.37. The zero-order valence-corrected chi connectivity index (χ0v) is 16.6. The molecule has 1 aromatic heterocycles. The van der Waals surface area contributed by atoms with Crippen molar-refractivity contribution in [3.05, 3.63) is 58.0 Å². The van der Waals surface area contributed by atoms with Crippen molar-refractivity contribution in [2.45, 2.75) is 13.8 Å². The number of benzene rings is 1. The van der Waals surface area contributed by atoms with Gasteiger partial charge in [-0.25, -0.2) is 0 Å². The Balaban J connectivity index is 1.93. The Morgan fingerprint density at radius 3 is 2.59 bits per heavy atom. The Labute approximate surface area is 167 Å². The van der Waals surface area contributed by atoms with Gasteiger partial charge in [-0.1, -0.05) is 11.6 Å². The first-order chi connectivity index (χ1) is 12.8. The van der Waals surface area contributed by atoms with Crippen molar-refractivity contribution in [2.24, 2.45) is 0 Å². The molecule has 0 radical (unpaired) electrons. The van der Waals surface area contributed by atoms with Gasteiger partial charge in [0.25, 0.3) is 5.91 Å². The third kappa shape index (κ3) is 3.74. The van der Waals surface area contributed by atoms with Crippen LogP contribution in [0, 0.1) is 13.8 Å². The van der Waals surface area contributed by atoms with Gasteiger partial charge in [-0.15, -0.1) is 0 Å². The summed E-state index contributed by atoms with van der Waals surface area (Å²) in [6, 6.07) is 9.52. The average molecular weight is 404 g/mol. The molecule has 140 valence electrons. The second kappa shape index (κ2) is 7.54. The van der Waals surface area contributed by atoms with E-state index in [4.69, 9.17) is 23.8 Å². The molecular weight excluding hydrogens is 386 g/mol. The van der Waals surface area contributed by atoms with Crippen LogP contribution >= 0.6 is 23.8 Å². The number of halogens is 1. The molecule has 2 aromatic rings. The Bertz CT molecular complexity index is 963. The molecule has 0 bridgehead atoms. The van der Waals surface area contributed by atoms with E-state index >= 15 is 0 Å². The molecule has 27 heavy (non-hydrogen) atoms. The lowest BCUT2D eigenvalue weighted by Crippen LogP contribution is -2.35. The monoisotopic (exact) mass is 403 g/mol. The molecule has 0 atom stereocenters. The normalized spacial score (nSPS) is 15.4. The standard InChI is InChI=1S/C19H18ClN3O3S/c1-11-8-13(12(2)23(11)15-6-4-14(20)5-7-15)9-16-18(25)22(19(27)21-16)10-17(24)26-3/h4-9H,10H2,1-3H3,(H,21,27)/b16-9-. The van der Waals surface area contributed by atoms with Crippen LogP contribution in [0.2, 0.25) is 5.02 Å². The summed E-state index contributed by atoms with van der Waals surface area (Å²) < 4.78 is 6.68. The number of hydrogen-bond donors (Lipinski definition) is 1. The number of hydrogen-bond acceptors (Lipinski definition) is 4. The number of ether oxygens (including phenoxy) is 1. The second-order valence-corrected chi connectivity index (χ2v) is 6.92. The predicted octanol–water partition coefficient (Wildman–Crippen LogP) is 2.98. The van der Waals surface area contributed by atoms with Crippen molar-refractivity contribution in [3.63, 3.8) is 0 Å². The Hall–Kier alpha value is -2.64. The molecule has 1 saturated heterocycles. The van der Waals surface area contributed by atoms with E-state index in [9.17, 15) is 9.59 Å². The minimum Gasteiger partial charge on any atom is -0.468 e. The molecule has 1 N–H and O–H groups in total. The summed E-state index contributed by atoms with van der Waals surface area (Å²) in [7, 11) is 1.27. The number of nitrogens with one attached hydrogen (secondary N) is 1. The maximum absolute atomic E-state index is 12.6. The third-order valence-corrected chi connectivity index (χ3v) is 4.91. The van der Waals surface area contributed by atoms with Crippen LogP contribution in [0.25, 0.3) is 11.8 Å². The van der Waals surface area contributed by atoms with E-state index in [1.54, 1.807) is 6.08 Å². The molecule has 1 aliphatic heterocycles. The van der Waals surface area contributed by atoms with E-state index in [1.165, 1.54) is 12.0 Å². The number of carbonyl (C=O) groups is 2. The van der Waals surface area contributed by atoms with Crippen molar-refractivity contribution in [3.8, 4) is 5.69 Å². The number of aryl methyl sites for hydroxylation is 1. The molecule has 2 heterocycles. The van der Waals surface area contributed by atoms with Crippen LogP contribution in [-0.2, 0) is 14.3 Å². The summed E-state index contributed by atoms with van der Waals surface area (Å²) in [5.74, 6) is -0.892. The van der Waals surface area contributed by atoms with Gasteiger partial charge in [-0.3, -0.25) is 14.5 Å². The number of aromatic nitrogens is 1. The number of carbonyl (C=O) groups excluding carboxylic acids is 2. The number of nitrogens with zero attached hydrogens (tertiary/aromatic N) is 2. The van der Waals surface area contributed by atoms with Crippen molar-refractivity contribution in [1.29, 1.82) is 0 Å². The van der Waals surface area contributed by atoms with Crippen LogP contribution in [0.3, 0.4) is 0 Å². The number of esters is 1. The zero-order valence-electron chi connectivity index (χ0n) is 15.1. The van der Waals surface area contributed by atoms with E-state index < -0.39 is 5.97 Å². The minimum absolute atomic E-state index is 0.183. The molecular formula is C19H18ClN3O3S. The van der Waals surface area contributed by atoms with Gasteiger partial charge in [0.1, 0.15) is 12.2 Å². The second-order valence-electron chi connectivity index (χ2n) is 6.09. The fourth-order valence-electron chi connectivity index (χ4n) is 2.99. The molecule has 1 aromatic carbocycles. The van der Waals surface area contributed by atoms with Gasteiger partial charge < -0.3 is 14.6 Å². The van der Waals surface area contributed by atoms with Crippen molar-refractivity contribution < 1.29 is 14.3 Å². The highest BCUT2D eigenvalue weighted by atomic mass is 35.5. The van der Waals surface area contributed by atoms with E-state index in [1.807, 2.05) is 44.2 Å². The molecule has 1 fully saturated rings. The Morgan fingerprint density at radius 2 is 1.96 bits per heavy atom. The average Bonchev–Trinajstić information content (AvgIpc) is 3.06. The maximum atomic E-state index is 12.6. The van der Waals surface area contributed by atoms with Crippen LogP contribution in [0.15, 0.2) is 36.0 Å². The summed E-state index contributed by atoms with van der Waals surface area (Å²) >= 11 is 11.1. The smallest absolute Gasteiger partial charge is 0.325 e. The summed E-state index contributed by atoms with van der Waals surface area (Å²) in [5, 5.41) is 3.72. The molecule has 0 saturated carbocycles. The summed E-state index contributed by atoms with van der Waals surface area (Å²) in [4.78, 5) is 25.2. The summed E-state index contributed by atoms with van der Waals surface area (Å²) in [6.45, 7) is 3.74. The zero-order chi connectivity index (χ0) is 19.7. The number of amides is 1. The minimum atomic E-state index is -0.533. The Morgan fingerprint density at radius 1 is 1.30 bits per heavy atom. The lowest BCUT2D eigenvalue weighted by atomic mass is 10.2. The lowest BCUT2D eigenvalue weighted by molar-refractivity contribution is -0.143. The van der Waals surface area contributed by atoms with Gasteiger partial charge in [-0.2, -0.15) is 0 Å². The summed E-state index contributed by atoms with van der Waals surface area (Å²) in [6.07, 6.45) is 1.74. The van der Waals surface area contributed by atoms with E-state index in [2.05, 4.69) is 14.6 Å². The van der Waals surface area contributed by atoms with Crippen molar-refractivity contribution in [2.75, 3.05) is 13.7 Å². The number of methoxy groups -OCH3 is 1. The number of thiocarbonyl (C=S) groups is 1. The molecule has 0 aliphatic carbocycles. The van der Waals surface area contributed by atoms with Crippen LogP contribution in [0.1, 0.15) is 17.0 Å². The lowest BCUT2D eigenvalue weighted by Gasteiger charge is -2.11. The molecule has 3 rings (SSSR count). The van der Waals surface area contributed by atoms with Crippen LogP contribution in [-0.4, -0.2) is 40.1 Å². The van der Waals surface area contributed by atoms with E-state index in [0.29, 0.717) is 10.7 Å². The molecule has 1 amide bonds. The highest BCUT2D eigenvalue weighted by Crippen LogP contribution is 2.24. The van der Waals surface area contributed by atoms with Gasteiger partial charge in [0.15, 0.2) is 5.11 Å². The highest BCUT2D eigenvalue weighted by Gasteiger charge is 2.32. The van der Waals surface area contributed by atoms with Crippen LogP contribution in [0.5, 0.6) is 0 Å². The van der Waals surface area contributed by atoms with Gasteiger partial charge in [0.05, 0.1) is 7.11 Å². The maximum Gasteiger partial charge on any atom is 0.325 e. The Kier molecular flexibility index (Phi) is 5.34. The van der Waals surface area contributed by atoms with Gasteiger partial charge >= 0.3 is 5.97 Å². The van der Waals surface area contributed by atoms with Crippen molar-refractivity contribution in [1.82, 2.24) is 14.8 Å². The van der Waals surface area contributed by atoms with E-state index in [-0.39, 0.29) is 17.6 Å². The van der Waals surface area contributed by atoms with Gasteiger partial charge in [0, 0.05) is 22.1 Å². The van der Waals surface area contributed by atoms with Crippen LogP contribution < -0.4 is 5.32 Å². The first-order valence-corrected chi connectivity index (χ1v) is 8.96. The molecule has 6 nitrogen and oxygen atoms in total. The largest absolute Gasteiger partial charge is 0.468 e. The SMILES string of the molecule is COC(=O)CN1C(=O)/C(=C/c2cc(C)n(-c3ccc(Cl)cc3)c2C)NC1=S. The highest BCUT2D eigenvalue weighted by molar-refractivity contribution is 7.80. The van der Waals surface area contributed by atoms with Gasteiger partial charge in [-0.05, 0) is 68.0 Å². The van der Waals surface area contributed by atoms with Gasteiger partial charge in [0.2, 0.25) is 0 Å². The van der Waals surface area contributed by atoms with E-state index in [0.717, 1.165) is 22.6 Å². The topological polar surface area (TPSA) is 63.6 Å². The molecule has 0 unspecified atom stereocenters. The molecule has 0 spiro atoms. The third-order valence-electron chi connectivity index (χ3n) is 4.33. The molecule has 1 aliphatic rings. The predicted molar refractivity (Wildman–Crippen MR) is 108 cm³/mol. The van der Waals surface area contributed by atoms with Crippen LogP contribution in [0.4, 0.5) is 0 Å². The number of rotatable bonds is 4. The van der Waals surface area contributed by atoms with Crippen molar-refractivity contribution >= 4 is 46.9 Å². The first-order valence-electron chi connectivity index (χ1n) is 8.18. The quantitative estimate of drug-likeness (QED) is 0.483. The summed E-state index contributed by atoms with van der Waals surface area (Å²) in [5.41, 5.74) is 4.16.